The van der Waals surface area contributed by atoms with Crippen LogP contribution in [0.3, 0.4) is 0 Å². The van der Waals surface area contributed by atoms with Gasteiger partial charge in [0, 0.05) is 59.3 Å². The van der Waals surface area contributed by atoms with Crippen molar-refractivity contribution < 1.29 is 9.13 Å². The zero-order valence-corrected chi connectivity index (χ0v) is 20.3. The summed E-state index contributed by atoms with van der Waals surface area (Å²) in [7, 11) is 1.52. The molecule has 0 spiro atoms. The van der Waals surface area contributed by atoms with Gasteiger partial charge in [0.25, 0.3) is 0 Å². The number of nitrogens with one attached hydrogen (secondary N) is 3. The van der Waals surface area contributed by atoms with Crippen molar-refractivity contribution in [2.75, 3.05) is 13.7 Å². The van der Waals surface area contributed by atoms with Crippen molar-refractivity contribution in [3.63, 3.8) is 0 Å². The topological polar surface area (TPSA) is 104 Å². The Morgan fingerprint density at radius 1 is 0.919 bits per heavy atom. The van der Waals surface area contributed by atoms with E-state index in [-0.39, 0.29) is 5.82 Å². The first-order chi connectivity index (χ1) is 18.1. The molecule has 0 unspecified atom stereocenters. The van der Waals surface area contributed by atoms with E-state index in [2.05, 4.69) is 54.5 Å². The molecule has 8 nitrogen and oxygen atoms in total. The Hall–Kier alpha value is -4.63. The van der Waals surface area contributed by atoms with Crippen molar-refractivity contribution in [3.8, 4) is 39.4 Å². The summed E-state index contributed by atoms with van der Waals surface area (Å²) in [4.78, 5) is 16.9. The number of halogens is 1. The molecule has 6 rings (SSSR count). The van der Waals surface area contributed by atoms with E-state index < -0.39 is 0 Å². The quantitative estimate of drug-likeness (QED) is 0.272. The molecule has 6 aromatic rings. The highest BCUT2D eigenvalue weighted by molar-refractivity contribution is 5.99. The van der Waals surface area contributed by atoms with E-state index in [1.54, 1.807) is 6.20 Å². The number of aromatic nitrogens is 6. The fraction of sp³-hybridized carbons (Fsp3) is 0.143. The van der Waals surface area contributed by atoms with Crippen molar-refractivity contribution in [2.45, 2.75) is 13.5 Å². The Labute approximate surface area is 212 Å². The Kier molecular flexibility index (Phi) is 5.82. The Balaban J connectivity index is 1.43. The second kappa shape index (κ2) is 9.44. The molecule has 0 amide bonds. The second-order valence-corrected chi connectivity index (χ2v) is 8.74. The number of nitrogens with zero attached hydrogens (tertiary/aromatic N) is 4. The lowest BCUT2D eigenvalue weighted by Gasteiger charge is -2.06. The van der Waals surface area contributed by atoms with Gasteiger partial charge in [-0.2, -0.15) is 5.10 Å². The van der Waals surface area contributed by atoms with Crippen LogP contribution in [-0.4, -0.2) is 43.8 Å². The average Bonchev–Trinajstić information content (AvgIpc) is 3.55. The zero-order chi connectivity index (χ0) is 25.4. The number of hydrogen-bond donors (Lipinski definition) is 3. The van der Waals surface area contributed by atoms with Gasteiger partial charge in [0.2, 0.25) is 0 Å². The smallest absolute Gasteiger partial charge is 0.155 e. The molecule has 0 saturated heterocycles. The van der Waals surface area contributed by atoms with Gasteiger partial charge < -0.3 is 15.0 Å². The summed E-state index contributed by atoms with van der Waals surface area (Å²) in [6.45, 7) is 3.72. The maximum absolute atomic E-state index is 14.2. The number of benzene rings is 1. The lowest BCUT2D eigenvalue weighted by Crippen LogP contribution is -2.11. The lowest BCUT2D eigenvalue weighted by molar-refractivity contribution is 0.411. The molecule has 5 heterocycles. The third-order valence-corrected chi connectivity index (χ3v) is 6.33. The normalized spacial score (nSPS) is 11.4. The van der Waals surface area contributed by atoms with E-state index in [0.29, 0.717) is 22.6 Å². The minimum Gasteiger partial charge on any atom is -0.497 e. The maximum Gasteiger partial charge on any atom is 0.155 e. The molecule has 3 N–H and O–H groups in total. The molecule has 0 aliphatic rings. The molecule has 1 aromatic carbocycles. The lowest BCUT2D eigenvalue weighted by atomic mass is 10.0. The molecule has 0 saturated carbocycles. The molecular weight excluding hydrogens is 469 g/mol. The van der Waals surface area contributed by atoms with Crippen LogP contribution in [0.5, 0.6) is 5.75 Å². The fourth-order valence-electron chi connectivity index (χ4n) is 4.52. The van der Waals surface area contributed by atoms with Crippen LogP contribution in [-0.2, 0) is 6.54 Å². The molecule has 0 aliphatic heterocycles. The average molecular weight is 494 g/mol. The first kappa shape index (κ1) is 22.8. The van der Waals surface area contributed by atoms with Crippen LogP contribution in [0.15, 0.2) is 67.3 Å². The number of rotatable bonds is 7. The van der Waals surface area contributed by atoms with E-state index >= 15 is 0 Å². The summed E-state index contributed by atoms with van der Waals surface area (Å²) in [5.74, 6) is 0.0904. The van der Waals surface area contributed by atoms with E-state index in [9.17, 15) is 4.39 Å². The van der Waals surface area contributed by atoms with Gasteiger partial charge in [0.05, 0.1) is 12.8 Å². The maximum atomic E-state index is 14.2. The number of aromatic amines is 2. The molecule has 37 heavy (non-hydrogen) atoms. The monoisotopic (exact) mass is 493 g/mol. The van der Waals surface area contributed by atoms with Crippen LogP contribution < -0.4 is 10.1 Å². The highest BCUT2D eigenvalue weighted by Crippen LogP contribution is 2.35. The van der Waals surface area contributed by atoms with Gasteiger partial charge in [0.1, 0.15) is 22.9 Å². The van der Waals surface area contributed by atoms with E-state index in [0.717, 1.165) is 57.5 Å². The molecular formula is C28H24FN7O. The van der Waals surface area contributed by atoms with Crippen LogP contribution in [0.4, 0.5) is 4.39 Å². The van der Waals surface area contributed by atoms with Crippen molar-refractivity contribution in [1.29, 1.82) is 0 Å². The van der Waals surface area contributed by atoms with Gasteiger partial charge in [-0.1, -0.05) is 6.92 Å². The third kappa shape index (κ3) is 4.30. The summed E-state index contributed by atoms with van der Waals surface area (Å²) in [5, 5.41) is 12.6. The summed E-state index contributed by atoms with van der Waals surface area (Å²) < 4.78 is 19.5. The highest BCUT2D eigenvalue weighted by atomic mass is 19.1. The molecule has 0 bridgehead atoms. The zero-order valence-electron chi connectivity index (χ0n) is 20.3. The molecule has 0 radical (unpaired) electrons. The molecule has 5 aromatic heterocycles. The largest absolute Gasteiger partial charge is 0.497 e. The van der Waals surface area contributed by atoms with Gasteiger partial charge >= 0.3 is 0 Å². The summed E-state index contributed by atoms with van der Waals surface area (Å²) >= 11 is 0. The minimum atomic E-state index is -0.365. The number of methoxy groups -OCH3 is 1. The second-order valence-electron chi connectivity index (χ2n) is 8.74. The van der Waals surface area contributed by atoms with E-state index in [4.69, 9.17) is 4.74 Å². The van der Waals surface area contributed by atoms with Gasteiger partial charge in [-0.15, -0.1) is 0 Å². The summed E-state index contributed by atoms with van der Waals surface area (Å²) in [5.41, 5.74) is 7.44. The Morgan fingerprint density at radius 2 is 1.81 bits per heavy atom. The number of hydrogen-bond acceptors (Lipinski definition) is 6. The molecule has 0 atom stereocenters. The van der Waals surface area contributed by atoms with Gasteiger partial charge in [-0.3, -0.25) is 10.1 Å². The van der Waals surface area contributed by atoms with Crippen LogP contribution in [0, 0.1) is 5.82 Å². The van der Waals surface area contributed by atoms with E-state index in [1.807, 2.05) is 36.8 Å². The molecule has 184 valence electrons. The summed E-state index contributed by atoms with van der Waals surface area (Å²) in [6.07, 6.45) is 7.22. The van der Waals surface area contributed by atoms with Crippen molar-refractivity contribution >= 4 is 22.1 Å². The van der Waals surface area contributed by atoms with Crippen molar-refractivity contribution in [1.82, 2.24) is 35.5 Å². The van der Waals surface area contributed by atoms with Gasteiger partial charge in [0.15, 0.2) is 5.65 Å². The minimum absolute atomic E-state index is 0.365. The molecule has 0 fully saturated rings. The molecule has 9 heteroatoms. The predicted molar refractivity (Wildman–Crippen MR) is 142 cm³/mol. The number of fused-ring (bicyclic) bond motifs is 2. The van der Waals surface area contributed by atoms with Crippen molar-refractivity contribution in [3.05, 3.63) is 78.6 Å². The SMILES string of the molecule is CCNCc1cncc(-c2cnc3[nH]nc(-c4cc5c(-c6cc(F)cc(OC)c6)ccnc5[nH]4)c3c2)c1. The van der Waals surface area contributed by atoms with E-state index in [1.165, 1.54) is 19.2 Å². The standard InChI is InChI=1S/C28H24FN7O/c1-3-30-12-16-6-18(14-31-13-16)19-9-24-26(35-36-28(24)33-15-19)25-11-23-22(4-5-32-27(23)34-25)17-7-20(29)10-21(8-17)37-2/h4-11,13-15,30H,3,12H2,1-2H3,(H,32,34)(H,33,35,36). The number of H-pyrrole nitrogens is 2. The van der Waals surface area contributed by atoms with Crippen LogP contribution in [0.25, 0.3) is 55.7 Å². The van der Waals surface area contributed by atoms with Gasteiger partial charge in [-0.25, -0.2) is 14.4 Å². The Morgan fingerprint density at radius 3 is 2.68 bits per heavy atom. The first-order valence-corrected chi connectivity index (χ1v) is 11.9. The van der Waals surface area contributed by atoms with Crippen LogP contribution in [0.1, 0.15) is 12.5 Å². The van der Waals surface area contributed by atoms with Crippen LogP contribution in [0.2, 0.25) is 0 Å². The van der Waals surface area contributed by atoms with Crippen LogP contribution >= 0.6 is 0 Å². The van der Waals surface area contributed by atoms with Crippen molar-refractivity contribution in [2.24, 2.45) is 0 Å². The molecule has 0 aliphatic carbocycles. The number of pyridine rings is 3. The third-order valence-electron chi connectivity index (χ3n) is 6.33. The predicted octanol–water partition coefficient (Wildman–Crippen LogP) is 5.49. The highest BCUT2D eigenvalue weighted by Gasteiger charge is 2.16. The number of ether oxygens (including phenoxy) is 1. The summed E-state index contributed by atoms with van der Waals surface area (Å²) in [6, 6.07) is 12.7. The first-order valence-electron chi connectivity index (χ1n) is 11.9. The Bertz CT molecular complexity index is 1740. The fourth-order valence-corrected chi connectivity index (χ4v) is 4.52. The van der Waals surface area contributed by atoms with Gasteiger partial charge in [-0.05, 0) is 59.6 Å².